The molecular formula is C42H40Br2. The summed E-state index contributed by atoms with van der Waals surface area (Å²) in [6, 6.07) is 37.7. The highest BCUT2D eigenvalue weighted by Gasteiger charge is 2.48. The Kier molecular flexibility index (Phi) is 6.61. The molecule has 0 bridgehead atoms. The van der Waals surface area contributed by atoms with Crippen LogP contribution in [-0.4, -0.2) is 0 Å². The summed E-state index contributed by atoms with van der Waals surface area (Å²) < 4.78 is 2.24. The van der Waals surface area contributed by atoms with Gasteiger partial charge in [-0.05, 0) is 114 Å². The monoisotopic (exact) mass is 702 g/mol. The van der Waals surface area contributed by atoms with Gasteiger partial charge in [0.05, 0.1) is 5.41 Å². The second kappa shape index (κ2) is 9.78. The third-order valence-corrected chi connectivity index (χ3v) is 11.2. The van der Waals surface area contributed by atoms with Crippen molar-refractivity contribution in [3.63, 3.8) is 0 Å². The van der Waals surface area contributed by atoms with Crippen LogP contribution < -0.4 is 0 Å². The molecule has 0 aromatic heterocycles. The van der Waals surface area contributed by atoms with E-state index in [-0.39, 0.29) is 16.2 Å². The van der Waals surface area contributed by atoms with E-state index >= 15 is 0 Å². The quantitative estimate of drug-likeness (QED) is 0.168. The molecule has 5 aromatic rings. The SMILES string of the molecule is CC(C)(C)c1ccc(C2(c3ccc(C(C)(C)C)cc3)c3cc(Br)ccc3-c3cc4c(cc32)-c2ccc(Br)cc2C4(C)C)cc1. The summed E-state index contributed by atoms with van der Waals surface area (Å²) in [6.45, 7) is 18.5. The van der Waals surface area contributed by atoms with E-state index in [0.29, 0.717) is 0 Å². The summed E-state index contributed by atoms with van der Waals surface area (Å²) in [5, 5.41) is 0. The maximum atomic E-state index is 3.88. The molecule has 2 heteroatoms. The van der Waals surface area contributed by atoms with Gasteiger partial charge in [-0.2, -0.15) is 0 Å². The number of halogens is 2. The maximum absolute atomic E-state index is 3.88. The Morgan fingerprint density at radius 2 is 0.795 bits per heavy atom. The number of rotatable bonds is 2. The first-order valence-electron chi connectivity index (χ1n) is 15.7. The van der Waals surface area contributed by atoms with Crippen LogP contribution in [0, 0.1) is 0 Å². The average molecular weight is 705 g/mol. The molecule has 44 heavy (non-hydrogen) atoms. The van der Waals surface area contributed by atoms with Crippen LogP contribution in [0.3, 0.4) is 0 Å². The summed E-state index contributed by atoms with van der Waals surface area (Å²) >= 11 is 7.63. The Labute approximate surface area is 280 Å². The number of hydrogen-bond acceptors (Lipinski definition) is 0. The van der Waals surface area contributed by atoms with Crippen molar-refractivity contribution in [3.8, 4) is 22.3 Å². The molecule has 0 saturated heterocycles. The van der Waals surface area contributed by atoms with Gasteiger partial charge in [-0.1, -0.05) is 148 Å². The topological polar surface area (TPSA) is 0 Å². The van der Waals surface area contributed by atoms with Crippen molar-refractivity contribution in [2.45, 2.75) is 77.0 Å². The number of hydrogen-bond donors (Lipinski definition) is 0. The average Bonchev–Trinajstić information content (AvgIpc) is 3.36. The molecule has 0 amide bonds. The van der Waals surface area contributed by atoms with Crippen molar-refractivity contribution in [2.24, 2.45) is 0 Å². The molecule has 0 nitrogen and oxygen atoms in total. The summed E-state index contributed by atoms with van der Waals surface area (Å²) in [5.74, 6) is 0. The second-order valence-electron chi connectivity index (χ2n) is 15.4. The highest BCUT2D eigenvalue weighted by atomic mass is 79.9. The molecule has 7 rings (SSSR count). The van der Waals surface area contributed by atoms with E-state index < -0.39 is 5.41 Å². The van der Waals surface area contributed by atoms with Gasteiger partial charge < -0.3 is 0 Å². The molecule has 2 aliphatic rings. The van der Waals surface area contributed by atoms with Crippen LogP contribution in [0.5, 0.6) is 0 Å². The highest BCUT2D eigenvalue weighted by molar-refractivity contribution is 9.10. The fourth-order valence-electron chi connectivity index (χ4n) is 7.72. The molecule has 0 radical (unpaired) electrons. The second-order valence-corrected chi connectivity index (χ2v) is 17.2. The normalized spacial score (nSPS) is 15.9. The molecule has 0 fully saturated rings. The molecular weight excluding hydrogens is 664 g/mol. The van der Waals surface area contributed by atoms with Gasteiger partial charge in [0.15, 0.2) is 0 Å². The van der Waals surface area contributed by atoms with E-state index in [2.05, 4.69) is 184 Å². The molecule has 0 spiro atoms. The van der Waals surface area contributed by atoms with Gasteiger partial charge in [-0.3, -0.25) is 0 Å². The van der Waals surface area contributed by atoms with Crippen LogP contribution in [0.15, 0.2) is 106 Å². The van der Waals surface area contributed by atoms with Gasteiger partial charge in [0.2, 0.25) is 0 Å². The summed E-state index contributed by atoms with van der Waals surface area (Å²) in [6.07, 6.45) is 0. The van der Waals surface area contributed by atoms with Crippen LogP contribution in [0.2, 0.25) is 0 Å². The minimum atomic E-state index is -0.460. The smallest absolute Gasteiger partial charge is 0.0582 e. The molecule has 5 aromatic carbocycles. The summed E-state index contributed by atoms with van der Waals surface area (Å²) in [7, 11) is 0. The van der Waals surface area contributed by atoms with Crippen molar-refractivity contribution in [3.05, 3.63) is 151 Å². The lowest BCUT2D eigenvalue weighted by molar-refractivity contribution is 0.588. The predicted molar refractivity (Wildman–Crippen MR) is 194 cm³/mol. The van der Waals surface area contributed by atoms with Gasteiger partial charge in [0.25, 0.3) is 0 Å². The largest absolute Gasteiger partial charge is 0.0714 e. The van der Waals surface area contributed by atoms with Gasteiger partial charge in [-0.25, -0.2) is 0 Å². The van der Waals surface area contributed by atoms with Gasteiger partial charge in [0, 0.05) is 14.4 Å². The van der Waals surface area contributed by atoms with Gasteiger partial charge >= 0.3 is 0 Å². The zero-order valence-corrected chi connectivity index (χ0v) is 30.2. The Morgan fingerprint density at radius 1 is 0.432 bits per heavy atom. The lowest BCUT2D eigenvalue weighted by Crippen LogP contribution is -2.29. The lowest BCUT2D eigenvalue weighted by Gasteiger charge is -2.35. The third-order valence-electron chi connectivity index (χ3n) is 10.2. The van der Waals surface area contributed by atoms with Crippen molar-refractivity contribution < 1.29 is 0 Å². The first-order valence-corrected chi connectivity index (χ1v) is 17.2. The Hall–Kier alpha value is -2.94. The zero-order chi connectivity index (χ0) is 31.4. The van der Waals surface area contributed by atoms with E-state index in [9.17, 15) is 0 Å². The molecule has 0 unspecified atom stereocenters. The van der Waals surface area contributed by atoms with E-state index in [1.807, 2.05) is 0 Å². The number of fused-ring (bicyclic) bond motifs is 6. The van der Waals surface area contributed by atoms with E-state index in [1.54, 1.807) is 0 Å². The standard InChI is InChI=1S/C42H40Br2/c1-39(2,3)25-9-13-27(14-10-25)42(28-15-11-26(12-16-28)40(4,5)6)37-22-30(44)18-20-32(37)34-23-36-33(24-38(34)42)31-19-17-29(43)21-35(31)41(36,7)8/h9-24H,1-8H3. The van der Waals surface area contributed by atoms with E-state index in [0.717, 1.165) is 8.95 Å². The maximum Gasteiger partial charge on any atom is 0.0714 e. The van der Waals surface area contributed by atoms with Crippen LogP contribution in [0.1, 0.15) is 99.9 Å². The zero-order valence-electron chi connectivity index (χ0n) is 27.0. The molecule has 2 aliphatic carbocycles. The fourth-order valence-corrected chi connectivity index (χ4v) is 8.44. The molecule has 0 heterocycles. The minimum Gasteiger partial charge on any atom is -0.0582 e. The Balaban J connectivity index is 1.60. The molecule has 0 atom stereocenters. The first kappa shape index (κ1) is 29.8. The molecule has 0 aliphatic heterocycles. The van der Waals surface area contributed by atoms with Crippen LogP contribution in [-0.2, 0) is 21.7 Å². The molecule has 0 N–H and O–H groups in total. The van der Waals surface area contributed by atoms with Crippen LogP contribution in [0.25, 0.3) is 22.3 Å². The Bertz CT molecular complexity index is 1880. The van der Waals surface area contributed by atoms with Crippen molar-refractivity contribution in [2.75, 3.05) is 0 Å². The Morgan fingerprint density at radius 3 is 1.27 bits per heavy atom. The van der Waals surface area contributed by atoms with Crippen LogP contribution >= 0.6 is 31.9 Å². The predicted octanol–water partition coefficient (Wildman–Crippen LogP) is 12.5. The molecule has 0 saturated carbocycles. The minimum absolute atomic E-state index is 0.0823. The van der Waals surface area contributed by atoms with Gasteiger partial charge in [0.1, 0.15) is 0 Å². The van der Waals surface area contributed by atoms with Crippen molar-refractivity contribution in [1.29, 1.82) is 0 Å². The molecule has 222 valence electrons. The summed E-state index contributed by atoms with van der Waals surface area (Å²) in [4.78, 5) is 0. The fraction of sp³-hybridized carbons (Fsp3) is 0.286. The summed E-state index contributed by atoms with van der Waals surface area (Å²) in [5.41, 5.74) is 15.8. The van der Waals surface area contributed by atoms with E-state index in [1.165, 1.54) is 66.8 Å². The van der Waals surface area contributed by atoms with Crippen molar-refractivity contribution >= 4 is 31.9 Å². The number of benzene rings is 5. The first-order chi connectivity index (χ1) is 20.6. The van der Waals surface area contributed by atoms with E-state index in [4.69, 9.17) is 0 Å². The third kappa shape index (κ3) is 4.27. The highest BCUT2D eigenvalue weighted by Crippen LogP contribution is 2.60. The van der Waals surface area contributed by atoms with Crippen molar-refractivity contribution in [1.82, 2.24) is 0 Å². The van der Waals surface area contributed by atoms with Crippen LogP contribution in [0.4, 0.5) is 0 Å². The lowest BCUT2D eigenvalue weighted by atomic mass is 9.66. The van der Waals surface area contributed by atoms with Gasteiger partial charge in [-0.15, -0.1) is 0 Å².